The third-order valence-electron chi connectivity index (χ3n) is 5.10. The van der Waals surface area contributed by atoms with Crippen LogP contribution in [0.5, 0.6) is 0 Å². The van der Waals surface area contributed by atoms with Gasteiger partial charge in [-0.25, -0.2) is 14.3 Å². The van der Waals surface area contributed by atoms with Crippen molar-refractivity contribution in [3.05, 3.63) is 82.4 Å². The first-order valence-electron chi connectivity index (χ1n) is 9.51. The molecular formula is C21H21FN4O3. The lowest BCUT2D eigenvalue weighted by Gasteiger charge is -2.36. The van der Waals surface area contributed by atoms with Crippen molar-refractivity contribution in [2.24, 2.45) is 0 Å². The number of aromatic amines is 1. The number of piperidine rings is 1. The van der Waals surface area contributed by atoms with Crippen molar-refractivity contribution in [3.8, 4) is 0 Å². The predicted molar refractivity (Wildman–Crippen MR) is 105 cm³/mol. The first-order valence-corrected chi connectivity index (χ1v) is 9.51. The number of anilines is 1. The predicted octanol–water partition coefficient (Wildman–Crippen LogP) is 3.06. The average Bonchev–Trinajstić information content (AvgIpc) is 3.17. The molecule has 4 rings (SSSR count). The van der Waals surface area contributed by atoms with Gasteiger partial charge in [0.25, 0.3) is 0 Å². The molecule has 0 bridgehead atoms. The Hall–Kier alpha value is -3.26. The second-order valence-electron chi connectivity index (χ2n) is 7.09. The topological polar surface area (TPSA) is 91.2 Å². The first-order chi connectivity index (χ1) is 14.1. The smallest absolute Gasteiger partial charge is 0.392 e. The zero-order valence-electron chi connectivity index (χ0n) is 15.7. The number of carbonyl (C=O) groups excluding carboxylic acids is 1. The highest BCUT2D eigenvalue weighted by atomic mass is 19.1. The van der Waals surface area contributed by atoms with E-state index in [-0.39, 0.29) is 17.6 Å². The van der Waals surface area contributed by atoms with E-state index >= 15 is 0 Å². The second-order valence-corrected chi connectivity index (χ2v) is 7.09. The molecule has 29 heavy (non-hydrogen) atoms. The summed E-state index contributed by atoms with van der Waals surface area (Å²) >= 11 is 0. The van der Waals surface area contributed by atoms with Crippen molar-refractivity contribution in [2.75, 3.05) is 18.4 Å². The van der Waals surface area contributed by atoms with E-state index in [0.717, 1.165) is 24.9 Å². The zero-order valence-corrected chi connectivity index (χ0v) is 15.7. The lowest BCUT2D eigenvalue weighted by Crippen LogP contribution is -2.42. The molecule has 2 N–H and O–H groups in total. The van der Waals surface area contributed by atoms with Crippen LogP contribution in [0.2, 0.25) is 0 Å². The fourth-order valence-corrected chi connectivity index (χ4v) is 3.77. The number of halogens is 1. The Morgan fingerprint density at radius 1 is 1.21 bits per heavy atom. The van der Waals surface area contributed by atoms with E-state index in [2.05, 4.69) is 20.4 Å². The summed E-state index contributed by atoms with van der Waals surface area (Å²) in [6.07, 6.45) is 1.67. The highest BCUT2D eigenvalue weighted by Gasteiger charge is 2.34. The molecule has 2 aromatic carbocycles. The van der Waals surface area contributed by atoms with Crippen LogP contribution in [-0.4, -0.2) is 34.1 Å². The molecular weight excluding hydrogens is 375 g/mol. The summed E-state index contributed by atoms with van der Waals surface area (Å²) in [5, 5.41) is 9.14. The zero-order chi connectivity index (χ0) is 20.2. The fourth-order valence-electron chi connectivity index (χ4n) is 3.77. The van der Waals surface area contributed by atoms with Crippen LogP contribution in [0.3, 0.4) is 0 Å². The molecule has 2 atom stereocenters. The summed E-state index contributed by atoms with van der Waals surface area (Å²) < 4.78 is 18.3. The molecule has 1 aromatic heterocycles. The van der Waals surface area contributed by atoms with Crippen LogP contribution in [0.4, 0.5) is 10.1 Å². The summed E-state index contributed by atoms with van der Waals surface area (Å²) in [5.74, 6) is -0.849. The molecule has 0 spiro atoms. The molecule has 2 heterocycles. The number of benzene rings is 2. The summed E-state index contributed by atoms with van der Waals surface area (Å²) in [7, 11) is 0. The number of hydrogen-bond donors (Lipinski definition) is 2. The van der Waals surface area contributed by atoms with Gasteiger partial charge >= 0.3 is 5.76 Å². The van der Waals surface area contributed by atoms with Gasteiger partial charge in [0.15, 0.2) is 0 Å². The molecule has 3 aromatic rings. The van der Waals surface area contributed by atoms with Gasteiger partial charge in [-0.05, 0) is 49.2 Å². The van der Waals surface area contributed by atoms with Crippen LogP contribution in [0.15, 0.2) is 63.8 Å². The largest absolute Gasteiger partial charge is 0.434 e. The summed E-state index contributed by atoms with van der Waals surface area (Å²) in [6.45, 7) is 1.26. The van der Waals surface area contributed by atoms with Gasteiger partial charge < -0.3 is 9.73 Å². The van der Waals surface area contributed by atoms with E-state index in [1.165, 1.54) is 24.3 Å². The average molecular weight is 396 g/mol. The molecule has 1 amide bonds. The number of amides is 1. The maximum absolute atomic E-state index is 13.2. The molecule has 150 valence electrons. The number of H-pyrrole nitrogens is 1. The number of carbonyl (C=O) groups is 1. The number of nitrogens with one attached hydrogen (secondary N) is 2. The minimum absolute atomic E-state index is 0.0764. The van der Waals surface area contributed by atoms with Crippen molar-refractivity contribution in [1.82, 2.24) is 15.1 Å². The third-order valence-corrected chi connectivity index (χ3v) is 5.10. The first kappa shape index (κ1) is 19.1. The molecule has 0 saturated carbocycles. The number of rotatable bonds is 5. The quantitative estimate of drug-likeness (QED) is 0.692. The van der Waals surface area contributed by atoms with Gasteiger partial charge in [0, 0.05) is 12.2 Å². The monoisotopic (exact) mass is 396 g/mol. The van der Waals surface area contributed by atoms with E-state index in [4.69, 9.17) is 4.42 Å². The number of likely N-dealkylation sites (tertiary alicyclic amines) is 1. The van der Waals surface area contributed by atoms with E-state index < -0.39 is 11.8 Å². The van der Waals surface area contributed by atoms with Crippen molar-refractivity contribution in [2.45, 2.75) is 24.8 Å². The van der Waals surface area contributed by atoms with Crippen LogP contribution >= 0.6 is 0 Å². The maximum atomic E-state index is 13.2. The Bertz CT molecular complexity index is 1020. The lowest BCUT2D eigenvalue weighted by molar-refractivity contribution is -0.122. The van der Waals surface area contributed by atoms with Crippen LogP contribution in [0.1, 0.15) is 36.3 Å². The molecule has 0 radical (unpaired) electrons. The van der Waals surface area contributed by atoms with Crippen molar-refractivity contribution in [1.29, 1.82) is 0 Å². The fraction of sp³-hybridized carbons (Fsp3) is 0.286. The van der Waals surface area contributed by atoms with E-state index in [1.807, 2.05) is 30.3 Å². The molecule has 8 heteroatoms. The van der Waals surface area contributed by atoms with E-state index in [9.17, 15) is 14.0 Å². The third kappa shape index (κ3) is 4.43. The maximum Gasteiger partial charge on any atom is 0.434 e. The van der Waals surface area contributed by atoms with Crippen molar-refractivity contribution < 1.29 is 13.6 Å². The van der Waals surface area contributed by atoms with Crippen molar-refractivity contribution >= 4 is 11.6 Å². The van der Waals surface area contributed by atoms with Gasteiger partial charge in [-0.1, -0.05) is 30.3 Å². The highest BCUT2D eigenvalue weighted by Crippen LogP contribution is 2.32. The van der Waals surface area contributed by atoms with Gasteiger partial charge in [-0.15, -0.1) is 5.10 Å². The molecule has 1 saturated heterocycles. The SMILES string of the molecule is O=C(Nc1ccc(F)cc1)[C@@H](c1ccccc1)N1CCC[C@@H](c2n[nH]c(=O)o2)C1. The van der Waals surface area contributed by atoms with E-state index in [0.29, 0.717) is 18.1 Å². The minimum Gasteiger partial charge on any atom is -0.392 e. The highest BCUT2D eigenvalue weighted by molar-refractivity contribution is 5.95. The summed E-state index contributed by atoms with van der Waals surface area (Å²) in [6, 6.07) is 14.7. The molecule has 1 aliphatic rings. The number of hydrogen-bond acceptors (Lipinski definition) is 5. The van der Waals surface area contributed by atoms with E-state index in [1.54, 1.807) is 0 Å². The second kappa shape index (κ2) is 8.40. The molecule has 1 fully saturated rings. The molecule has 1 aliphatic heterocycles. The Morgan fingerprint density at radius 3 is 2.66 bits per heavy atom. The van der Waals surface area contributed by atoms with Gasteiger partial charge in [-0.3, -0.25) is 9.69 Å². The van der Waals surface area contributed by atoms with Gasteiger partial charge in [0.1, 0.15) is 11.9 Å². The van der Waals surface area contributed by atoms with Crippen LogP contribution in [0.25, 0.3) is 0 Å². The van der Waals surface area contributed by atoms with Gasteiger partial charge in [0.2, 0.25) is 11.8 Å². The standard InChI is InChI=1S/C21H21FN4O3/c22-16-8-10-17(11-9-16)23-19(27)18(14-5-2-1-3-6-14)26-12-4-7-15(13-26)20-24-25-21(28)29-20/h1-3,5-6,8-11,15,18H,4,7,12-13H2,(H,23,27)(H,25,28)/t15-,18-/m1/s1. The number of aromatic nitrogens is 2. The Kier molecular flexibility index (Phi) is 5.53. The Morgan fingerprint density at radius 2 is 1.97 bits per heavy atom. The number of nitrogens with zero attached hydrogens (tertiary/aromatic N) is 2. The van der Waals surface area contributed by atoms with Crippen molar-refractivity contribution in [3.63, 3.8) is 0 Å². The summed E-state index contributed by atoms with van der Waals surface area (Å²) in [4.78, 5) is 26.6. The normalized spacial score (nSPS) is 18.3. The van der Waals surface area contributed by atoms with Crippen LogP contribution < -0.4 is 11.1 Å². The Labute approximate surface area is 166 Å². The molecule has 7 nitrogen and oxygen atoms in total. The minimum atomic E-state index is -0.578. The molecule has 0 aliphatic carbocycles. The van der Waals surface area contributed by atoms with Gasteiger partial charge in [0.05, 0.1) is 5.92 Å². The molecule has 0 unspecified atom stereocenters. The lowest BCUT2D eigenvalue weighted by atomic mass is 9.94. The summed E-state index contributed by atoms with van der Waals surface area (Å²) in [5.41, 5.74) is 1.39. The Balaban J connectivity index is 1.59. The van der Waals surface area contributed by atoms with Gasteiger partial charge in [-0.2, -0.15) is 0 Å². The van der Waals surface area contributed by atoms with Crippen LogP contribution in [-0.2, 0) is 4.79 Å². The van der Waals surface area contributed by atoms with Crippen LogP contribution in [0, 0.1) is 5.82 Å².